The number of hydrogen-bond acceptors (Lipinski definition) is 5. The van der Waals surface area contributed by atoms with E-state index < -0.39 is 16.9 Å². The van der Waals surface area contributed by atoms with Crippen LogP contribution in [0.3, 0.4) is 0 Å². The number of halogens is 2. The zero-order chi connectivity index (χ0) is 14.0. The van der Waals surface area contributed by atoms with E-state index in [0.717, 1.165) is 11.3 Å². The second-order valence-corrected chi connectivity index (χ2v) is 4.68. The van der Waals surface area contributed by atoms with Gasteiger partial charge in [-0.25, -0.2) is 9.78 Å². The Morgan fingerprint density at radius 1 is 1.47 bits per heavy atom. The number of rotatable bonds is 4. The number of carbonyl (C=O) groups excluding carboxylic acids is 1. The maximum absolute atomic E-state index is 13.8. The Kier molecular flexibility index (Phi) is 3.66. The number of hydrogen-bond donors (Lipinski definition) is 0. The number of thiazole rings is 1. The number of alkyl halides is 2. The van der Waals surface area contributed by atoms with Gasteiger partial charge < -0.3 is 9.47 Å². The minimum atomic E-state index is -3.73. The van der Waals surface area contributed by atoms with Gasteiger partial charge in [-0.2, -0.15) is 8.78 Å². The van der Waals surface area contributed by atoms with Crippen molar-refractivity contribution in [3.05, 3.63) is 23.2 Å². The fourth-order valence-corrected chi connectivity index (χ4v) is 2.43. The van der Waals surface area contributed by atoms with Crippen LogP contribution in [0.2, 0.25) is 0 Å². The lowest BCUT2D eigenvalue weighted by Gasteiger charge is -2.10. The van der Waals surface area contributed by atoms with E-state index in [1.807, 2.05) is 0 Å². The highest BCUT2D eigenvalue weighted by molar-refractivity contribution is 7.18. The van der Waals surface area contributed by atoms with Crippen LogP contribution in [-0.2, 0) is 15.5 Å². The summed E-state index contributed by atoms with van der Waals surface area (Å²) in [5.74, 6) is -4.77. The Morgan fingerprint density at radius 3 is 2.84 bits per heavy atom. The van der Waals surface area contributed by atoms with Gasteiger partial charge in [0.25, 0.3) is 0 Å². The summed E-state index contributed by atoms with van der Waals surface area (Å²) >= 11 is 0.746. The van der Waals surface area contributed by atoms with Crippen LogP contribution in [0, 0.1) is 0 Å². The van der Waals surface area contributed by atoms with Crippen molar-refractivity contribution in [3.63, 3.8) is 0 Å². The van der Waals surface area contributed by atoms with E-state index in [9.17, 15) is 13.6 Å². The molecule has 0 aliphatic heterocycles. The zero-order valence-electron chi connectivity index (χ0n) is 10.3. The highest BCUT2D eigenvalue weighted by Gasteiger charge is 2.46. The SMILES string of the molecule is CCOC(=O)C(F)(F)c1nc2ccc(OC)cc2s1. The van der Waals surface area contributed by atoms with E-state index in [1.165, 1.54) is 14.0 Å². The molecule has 0 radical (unpaired) electrons. The van der Waals surface area contributed by atoms with Crippen molar-refractivity contribution in [2.24, 2.45) is 0 Å². The number of methoxy groups -OCH3 is 1. The molecule has 2 rings (SSSR count). The van der Waals surface area contributed by atoms with Crippen LogP contribution in [-0.4, -0.2) is 24.7 Å². The molecule has 0 spiro atoms. The van der Waals surface area contributed by atoms with E-state index >= 15 is 0 Å². The molecule has 0 fully saturated rings. The molecule has 0 saturated carbocycles. The van der Waals surface area contributed by atoms with E-state index in [-0.39, 0.29) is 6.61 Å². The Bertz CT molecular complexity index is 612. The third-order valence-corrected chi connectivity index (χ3v) is 3.48. The lowest BCUT2D eigenvalue weighted by atomic mass is 10.3. The summed E-state index contributed by atoms with van der Waals surface area (Å²) in [6.07, 6.45) is 0. The van der Waals surface area contributed by atoms with Crippen LogP contribution >= 0.6 is 11.3 Å². The average Bonchev–Trinajstić information content (AvgIpc) is 2.82. The summed E-state index contributed by atoms with van der Waals surface area (Å²) in [4.78, 5) is 15.0. The Balaban J connectivity index is 2.42. The number of aromatic nitrogens is 1. The molecule has 1 aromatic carbocycles. The van der Waals surface area contributed by atoms with Crippen molar-refractivity contribution in [1.29, 1.82) is 0 Å². The fourth-order valence-electron chi connectivity index (χ4n) is 1.48. The van der Waals surface area contributed by atoms with Gasteiger partial charge in [-0.15, -0.1) is 11.3 Å². The number of benzene rings is 1. The molecule has 1 aromatic heterocycles. The molecular formula is C12H11F2NO3S. The van der Waals surface area contributed by atoms with Crippen LogP contribution in [0.15, 0.2) is 18.2 Å². The maximum atomic E-state index is 13.8. The molecule has 7 heteroatoms. The van der Waals surface area contributed by atoms with Crippen molar-refractivity contribution >= 4 is 27.5 Å². The number of esters is 1. The molecule has 4 nitrogen and oxygen atoms in total. The van der Waals surface area contributed by atoms with Crippen LogP contribution in [0.5, 0.6) is 5.75 Å². The molecule has 1 heterocycles. The second kappa shape index (κ2) is 5.08. The summed E-state index contributed by atoms with van der Waals surface area (Å²) < 4.78 is 37.5. The first-order chi connectivity index (χ1) is 8.98. The van der Waals surface area contributed by atoms with Gasteiger partial charge in [0.2, 0.25) is 0 Å². The van der Waals surface area contributed by atoms with Crippen molar-refractivity contribution in [3.8, 4) is 5.75 Å². The lowest BCUT2D eigenvalue weighted by Crippen LogP contribution is -2.28. The van der Waals surface area contributed by atoms with E-state index in [2.05, 4.69) is 9.72 Å². The predicted octanol–water partition coefficient (Wildman–Crippen LogP) is 2.96. The quantitative estimate of drug-likeness (QED) is 0.811. The summed E-state index contributed by atoms with van der Waals surface area (Å²) in [7, 11) is 1.48. The van der Waals surface area contributed by atoms with E-state index in [4.69, 9.17) is 4.74 Å². The monoisotopic (exact) mass is 287 g/mol. The highest BCUT2D eigenvalue weighted by Crippen LogP contribution is 2.36. The van der Waals surface area contributed by atoms with Crippen LogP contribution in [0.1, 0.15) is 11.9 Å². The van der Waals surface area contributed by atoms with Crippen LogP contribution in [0.25, 0.3) is 10.2 Å². The van der Waals surface area contributed by atoms with E-state index in [1.54, 1.807) is 18.2 Å². The molecule has 0 saturated heterocycles. The zero-order valence-corrected chi connectivity index (χ0v) is 11.1. The molecule has 0 aliphatic carbocycles. The molecule has 0 aliphatic rings. The third-order valence-electron chi connectivity index (χ3n) is 2.40. The molecule has 0 unspecified atom stereocenters. The highest BCUT2D eigenvalue weighted by atomic mass is 32.1. The van der Waals surface area contributed by atoms with Gasteiger partial charge in [0, 0.05) is 0 Å². The van der Waals surface area contributed by atoms with Gasteiger partial charge in [0.1, 0.15) is 5.75 Å². The first-order valence-corrected chi connectivity index (χ1v) is 6.30. The molecule has 102 valence electrons. The van der Waals surface area contributed by atoms with Gasteiger partial charge >= 0.3 is 11.9 Å². The molecule has 0 amide bonds. The standard InChI is InChI=1S/C12H11F2NO3S/c1-3-18-11(16)12(13,14)10-15-8-5-4-7(17-2)6-9(8)19-10/h4-6H,3H2,1-2H3. The summed E-state index contributed by atoms with van der Waals surface area (Å²) in [6, 6.07) is 4.78. The molecule has 0 N–H and O–H groups in total. The summed E-state index contributed by atoms with van der Waals surface area (Å²) in [5, 5.41) is -0.575. The third kappa shape index (κ3) is 2.51. The van der Waals surface area contributed by atoms with Crippen molar-refractivity contribution < 1.29 is 23.0 Å². The van der Waals surface area contributed by atoms with Crippen LogP contribution < -0.4 is 4.74 Å². The van der Waals surface area contributed by atoms with Gasteiger partial charge in [0.15, 0.2) is 5.01 Å². The van der Waals surface area contributed by atoms with Gasteiger partial charge in [-0.1, -0.05) is 0 Å². The number of nitrogens with zero attached hydrogens (tertiary/aromatic N) is 1. The van der Waals surface area contributed by atoms with Gasteiger partial charge in [0.05, 0.1) is 23.9 Å². The summed E-state index contributed by atoms with van der Waals surface area (Å²) in [5.41, 5.74) is 0.393. The minimum absolute atomic E-state index is 0.104. The number of fused-ring (bicyclic) bond motifs is 1. The van der Waals surface area contributed by atoms with Crippen LogP contribution in [0.4, 0.5) is 8.78 Å². The smallest absolute Gasteiger partial charge is 0.393 e. The molecule has 0 bridgehead atoms. The van der Waals surface area contributed by atoms with Crippen molar-refractivity contribution in [2.45, 2.75) is 12.8 Å². The number of ether oxygens (including phenoxy) is 2. The minimum Gasteiger partial charge on any atom is -0.497 e. The number of carbonyl (C=O) groups is 1. The van der Waals surface area contributed by atoms with Crippen molar-refractivity contribution in [1.82, 2.24) is 4.98 Å². The fraction of sp³-hybridized carbons (Fsp3) is 0.333. The van der Waals surface area contributed by atoms with E-state index in [0.29, 0.717) is 16.0 Å². The lowest BCUT2D eigenvalue weighted by molar-refractivity contribution is -0.173. The first-order valence-electron chi connectivity index (χ1n) is 5.49. The molecule has 2 aromatic rings. The Hall–Kier alpha value is -1.76. The predicted molar refractivity (Wildman–Crippen MR) is 66.7 cm³/mol. The van der Waals surface area contributed by atoms with Crippen molar-refractivity contribution in [2.75, 3.05) is 13.7 Å². The second-order valence-electron chi connectivity index (χ2n) is 3.65. The summed E-state index contributed by atoms with van der Waals surface area (Å²) in [6.45, 7) is 1.37. The Morgan fingerprint density at radius 2 is 2.21 bits per heavy atom. The average molecular weight is 287 g/mol. The Labute approximate surface area is 112 Å². The maximum Gasteiger partial charge on any atom is 0.393 e. The van der Waals surface area contributed by atoms with Gasteiger partial charge in [-0.05, 0) is 25.1 Å². The topological polar surface area (TPSA) is 48.4 Å². The van der Waals surface area contributed by atoms with Gasteiger partial charge in [-0.3, -0.25) is 0 Å². The molecule has 0 atom stereocenters. The largest absolute Gasteiger partial charge is 0.497 e. The molecular weight excluding hydrogens is 276 g/mol. The first kappa shape index (κ1) is 13.7. The molecule has 19 heavy (non-hydrogen) atoms. The normalized spacial score (nSPS) is 11.6.